The van der Waals surface area contributed by atoms with Crippen molar-refractivity contribution in [2.75, 3.05) is 6.61 Å². The summed E-state index contributed by atoms with van der Waals surface area (Å²) < 4.78 is 12.3. The van der Waals surface area contributed by atoms with Crippen LogP contribution in [0, 0.1) is 0 Å². The van der Waals surface area contributed by atoms with Gasteiger partial charge in [0.15, 0.2) is 11.5 Å². The van der Waals surface area contributed by atoms with E-state index in [4.69, 9.17) is 32.7 Å². The number of fused-ring (bicyclic) bond motifs is 2. The van der Waals surface area contributed by atoms with Gasteiger partial charge in [0.1, 0.15) is 6.61 Å². The van der Waals surface area contributed by atoms with E-state index in [1.54, 1.807) is 32.0 Å². The Morgan fingerprint density at radius 3 is 2.32 bits per heavy atom. The van der Waals surface area contributed by atoms with Crippen molar-refractivity contribution in [1.82, 2.24) is 5.32 Å². The third-order valence-electron chi connectivity index (χ3n) is 6.39. The zero-order valence-electron chi connectivity index (χ0n) is 20.0. The molecule has 0 saturated carbocycles. The maximum Gasteiger partial charge on any atom is 0.336 e. The summed E-state index contributed by atoms with van der Waals surface area (Å²) in [4.78, 5) is 26.7. The molecule has 2 aliphatic rings. The predicted octanol–water partition coefficient (Wildman–Crippen LogP) is 7.47. The van der Waals surface area contributed by atoms with Crippen LogP contribution < -0.4 is 10.1 Å². The molecule has 8 heteroatoms. The van der Waals surface area contributed by atoms with Gasteiger partial charge in [0, 0.05) is 32.8 Å². The lowest BCUT2D eigenvalue weighted by Gasteiger charge is -2.29. The van der Waals surface area contributed by atoms with Gasteiger partial charge in [-0.25, -0.2) is 4.79 Å². The number of halogens is 3. The molecule has 1 atom stereocenters. The van der Waals surface area contributed by atoms with Gasteiger partial charge in [0.25, 0.3) is 0 Å². The predicted molar refractivity (Wildman–Crippen MR) is 148 cm³/mol. The first kappa shape index (κ1) is 25.6. The van der Waals surface area contributed by atoms with E-state index in [0.717, 1.165) is 15.6 Å². The fraction of sp³-hybridized carbons (Fsp3) is 0.172. The fourth-order valence-electron chi connectivity index (χ4n) is 4.76. The van der Waals surface area contributed by atoms with Crippen LogP contribution in [0.4, 0.5) is 0 Å². The SMILES string of the molecule is CCOC(=O)C1=C(C)NC2=C(C(=O)c3ccccc32)[C@@H]1c1cc(Cl)c(OCc2ccc(Br)cc2)c(Cl)c1. The van der Waals surface area contributed by atoms with Crippen molar-refractivity contribution in [3.05, 3.63) is 114 Å². The molecule has 3 aromatic rings. The summed E-state index contributed by atoms with van der Waals surface area (Å²) in [6, 6.07) is 18.5. The number of hydrogen-bond donors (Lipinski definition) is 1. The van der Waals surface area contributed by atoms with E-state index in [2.05, 4.69) is 21.2 Å². The second-order valence-corrected chi connectivity index (χ2v) is 10.4. The van der Waals surface area contributed by atoms with E-state index in [1.807, 2.05) is 42.5 Å². The highest BCUT2D eigenvalue weighted by Gasteiger charge is 2.43. The molecule has 0 aromatic heterocycles. The van der Waals surface area contributed by atoms with Crippen LogP contribution in [0.25, 0.3) is 5.70 Å². The van der Waals surface area contributed by atoms with E-state index in [0.29, 0.717) is 39.4 Å². The van der Waals surface area contributed by atoms with Crippen LogP contribution in [0.15, 0.2) is 82.0 Å². The van der Waals surface area contributed by atoms with Crippen LogP contribution in [-0.4, -0.2) is 18.4 Å². The summed E-state index contributed by atoms with van der Waals surface area (Å²) in [6.45, 7) is 4.02. The number of benzene rings is 3. The molecule has 0 saturated heterocycles. The molecule has 0 bridgehead atoms. The van der Waals surface area contributed by atoms with E-state index >= 15 is 0 Å². The number of carbonyl (C=O) groups is 2. The van der Waals surface area contributed by atoms with Gasteiger partial charge >= 0.3 is 5.97 Å². The van der Waals surface area contributed by atoms with Crippen molar-refractivity contribution in [2.45, 2.75) is 26.4 Å². The highest BCUT2D eigenvalue weighted by atomic mass is 79.9. The molecule has 1 aliphatic heterocycles. The fourth-order valence-corrected chi connectivity index (χ4v) is 5.64. The monoisotopic (exact) mass is 597 g/mol. The van der Waals surface area contributed by atoms with Crippen LogP contribution in [-0.2, 0) is 16.1 Å². The third-order valence-corrected chi connectivity index (χ3v) is 7.48. The quantitative estimate of drug-likeness (QED) is 0.298. The topological polar surface area (TPSA) is 64.6 Å². The Hall–Kier alpha value is -3.06. The molecule has 0 unspecified atom stereocenters. The number of allylic oxidation sites excluding steroid dienone is 2. The van der Waals surface area contributed by atoms with Gasteiger partial charge in [0.05, 0.1) is 27.9 Å². The molecule has 5 nitrogen and oxygen atoms in total. The van der Waals surface area contributed by atoms with Gasteiger partial charge < -0.3 is 14.8 Å². The number of ether oxygens (including phenoxy) is 2. The lowest BCUT2D eigenvalue weighted by atomic mass is 9.80. The van der Waals surface area contributed by atoms with E-state index in [9.17, 15) is 9.59 Å². The van der Waals surface area contributed by atoms with Crippen molar-refractivity contribution in [3.63, 3.8) is 0 Å². The molecular weight excluding hydrogens is 577 g/mol. The van der Waals surface area contributed by atoms with Crippen molar-refractivity contribution >= 4 is 56.6 Å². The Kier molecular flexibility index (Phi) is 7.17. The van der Waals surface area contributed by atoms with Crippen molar-refractivity contribution in [1.29, 1.82) is 0 Å². The lowest BCUT2D eigenvalue weighted by Crippen LogP contribution is -2.29. The first-order valence-corrected chi connectivity index (χ1v) is 13.2. The zero-order chi connectivity index (χ0) is 26.3. The van der Waals surface area contributed by atoms with Gasteiger partial charge in [-0.2, -0.15) is 0 Å². The van der Waals surface area contributed by atoms with Gasteiger partial charge in [-0.3, -0.25) is 4.79 Å². The average Bonchev–Trinajstić information content (AvgIpc) is 3.15. The summed E-state index contributed by atoms with van der Waals surface area (Å²) in [5, 5.41) is 3.84. The molecular formula is C29H22BrCl2NO4. The van der Waals surface area contributed by atoms with Crippen LogP contribution in [0.3, 0.4) is 0 Å². The second kappa shape index (κ2) is 10.4. The normalized spacial score (nSPS) is 16.4. The Bertz CT molecular complexity index is 1470. The number of carbonyl (C=O) groups excluding carboxylic acids is 2. The first-order chi connectivity index (χ1) is 17.8. The Morgan fingerprint density at radius 2 is 1.68 bits per heavy atom. The van der Waals surface area contributed by atoms with Crippen molar-refractivity contribution in [2.24, 2.45) is 0 Å². The van der Waals surface area contributed by atoms with E-state index in [1.165, 1.54) is 0 Å². The van der Waals surface area contributed by atoms with Gasteiger partial charge in [-0.15, -0.1) is 0 Å². The third kappa shape index (κ3) is 4.70. The largest absolute Gasteiger partial charge is 0.486 e. The molecule has 0 fully saturated rings. The summed E-state index contributed by atoms with van der Waals surface area (Å²) in [6.07, 6.45) is 0. The molecule has 1 N–H and O–H groups in total. The highest BCUT2D eigenvalue weighted by Crippen LogP contribution is 2.48. The van der Waals surface area contributed by atoms with Gasteiger partial charge in [0.2, 0.25) is 0 Å². The molecule has 0 amide bonds. The second-order valence-electron chi connectivity index (χ2n) is 8.71. The average molecular weight is 599 g/mol. The molecule has 1 aliphatic carbocycles. The molecule has 0 spiro atoms. The summed E-state index contributed by atoms with van der Waals surface area (Å²) in [5.74, 6) is -1.04. The van der Waals surface area contributed by atoms with Gasteiger partial charge in [-0.05, 0) is 49.2 Å². The Labute approximate surface area is 233 Å². The molecule has 5 rings (SSSR count). The van der Waals surface area contributed by atoms with E-state index in [-0.39, 0.29) is 29.0 Å². The first-order valence-electron chi connectivity index (χ1n) is 11.7. The van der Waals surface area contributed by atoms with Crippen LogP contribution in [0.2, 0.25) is 10.0 Å². The number of esters is 1. The summed E-state index contributed by atoms with van der Waals surface area (Å²) in [7, 11) is 0. The molecule has 3 aromatic carbocycles. The van der Waals surface area contributed by atoms with Crippen LogP contribution in [0.1, 0.15) is 46.8 Å². The summed E-state index contributed by atoms with van der Waals surface area (Å²) in [5.41, 5.74) is 5.01. The molecule has 0 radical (unpaired) electrons. The van der Waals surface area contributed by atoms with E-state index < -0.39 is 11.9 Å². The highest BCUT2D eigenvalue weighted by molar-refractivity contribution is 9.10. The van der Waals surface area contributed by atoms with Gasteiger partial charge in [-0.1, -0.05) is 75.5 Å². The van der Waals surface area contributed by atoms with Crippen molar-refractivity contribution in [3.8, 4) is 5.75 Å². The number of rotatable bonds is 6. The molecule has 188 valence electrons. The molecule has 1 heterocycles. The number of nitrogens with one attached hydrogen (secondary N) is 1. The number of ketones is 1. The number of dihydropyridines is 1. The molecule has 37 heavy (non-hydrogen) atoms. The zero-order valence-corrected chi connectivity index (χ0v) is 23.1. The van der Waals surface area contributed by atoms with Crippen LogP contribution >= 0.6 is 39.1 Å². The summed E-state index contributed by atoms with van der Waals surface area (Å²) >= 11 is 16.8. The Balaban J connectivity index is 1.57. The minimum Gasteiger partial charge on any atom is -0.486 e. The smallest absolute Gasteiger partial charge is 0.336 e. The number of hydrogen-bond acceptors (Lipinski definition) is 5. The van der Waals surface area contributed by atoms with Crippen molar-refractivity contribution < 1.29 is 19.1 Å². The standard InChI is InChI=1S/C29H22BrCl2NO4/c1-3-36-29(35)23-15(2)33-26-19-6-4-5-7-20(19)27(34)25(26)24(23)17-12-21(31)28(22(32)13-17)37-14-16-8-10-18(30)11-9-16/h4-13,24,33H,3,14H2,1-2H3/t24-/m1/s1. The maximum atomic E-state index is 13.6. The lowest BCUT2D eigenvalue weighted by molar-refractivity contribution is -0.138. The maximum absolute atomic E-state index is 13.6. The van der Waals surface area contributed by atoms with Crippen LogP contribution in [0.5, 0.6) is 5.75 Å². The number of Topliss-reactive ketones (excluding diaryl/α,β-unsaturated/α-hetero) is 1. The Morgan fingerprint density at radius 1 is 1.03 bits per heavy atom. The minimum absolute atomic E-state index is 0.153. The minimum atomic E-state index is -0.717.